The number of rotatable bonds is 4. The molecule has 4 rings (SSSR count). The van der Waals surface area contributed by atoms with Gasteiger partial charge in [-0.25, -0.2) is 9.37 Å². The summed E-state index contributed by atoms with van der Waals surface area (Å²) in [5.41, 5.74) is 1.72. The molecule has 1 saturated heterocycles. The molecular weight excluding hydrogens is 321 g/mol. The Morgan fingerprint density at radius 1 is 1.08 bits per heavy atom. The molecule has 6 nitrogen and oxygen atoms in total. The number of piperidine rings is 1. The summed E-state index contributed by atoms with van der Waals surface area (Å²) in [5, 5.41) is 8.28. The number of benzene rings is 1. The van der Waals surface area contributed by atoms with Crippen LogP contribution >= 0.6 is 0 Å². The van der Waals surface area contributed by atoms with Crippen LogP contribution in [-0.2, 0) is 6.54 Å². The van der Waals surface area contributed by atoms with Crippen LogP contribution in [0.3, 0.4) is 0 Å². The molecule has 2 aromatic heterocycles. The van der Waals surface area contributed by atoms with Crippen molar-refractivity contribution in [2.45, 2.75) is 25.3 Å². The summed E-state index contributed by atoms with van der Waals surface area (Å²) in [6, 6.07) is 6.70. The third-order valence-electron chi connectivity index (χ3n) is 4.48. The van der Waals surface area contributed by atoms with Crippen LogP contribution in [0.1, 0.15) is 30.2 Å². The van der Waals surface area contributed by atoms with Crippen LogP contribution in [0.2, 0.25) is 0 Å². The Morgan fingerprint density at radius 2 is 1.88 bits per heavy atom. The third kappa shape index (κ3) is 3.71. The average Bonchev–Trinajstić information content (AvgIpc) is 3.15. The summed E-state index contributed by atoms with van der Waals surface area (Å²) in [5.74, 6) is 1.15. The average molecular weight is 339 g/mol. The Labute approximate surface area is 144 Å². The van der Waals surface area contributed by atoms with Crippen molar-refractivity contribution in [1.82, 2.24) is 25.1 Å². The first-order valence-electron chi connectivity index (χ1n) is 8.34. The molecule has 0 bridgehead atoms. The van der Waals surface area contributed by atoms with Crippen LogP contribution in [0.15, 0.2) is 47.3 Å². The maximum Gasteiger partial charge on any atom is 0.267 e. The summed E-state index contributed by atoms with van der Waals surface area (Å²) in [6.45, 7) is 2.73. The monoisotopic (exact) mass is 339 g/mol. The number of hydrogen-bond acceptors (Lipinski definition) is 6. The fourth-order valence-electron chi connectivity index (χ4n) is 3.10. The Morgan fingerprint density at radius 3 is 2.60 bits per heavy atom. The molecule has 0 saturated carbocycles. The van der Waals surface area contributed by atoms with Gasteiger partial charge in [0.1, 0.15) is 11.5 Å². The first-order valence-corrected chi connectivity index (χ1v) is 8.34. The minimum atomic E-state index is -0.197. The van der Waals surface area contributed by atoms with Crippen molar-refractivity contribution >= 4 is 0 Å². The predicted molar refractivity (Wildman–Crippen MR) is 89.0 cm³/mol. The van der Waals surface area contributed by atoms with E-state index >= 15 is 0 Å². The topological polar surface area (TPSA) is 67.9 Å². The Hall–Kier alpha value is -2.67. The lowest BCUT2D eigenvalue weighted by Gasteiger charge is -2.30. The molecule has 1 aliphatic heterocycles. The molecular formula is C18H18FN5O. The smallest absolute Gasteiger partial charge is 0.267 e. The predicted octanol–water partition coefficient (Wildman–Crippen LogP) is 3.05. The Bertz CT molecular complexity index is 813. The Balaban J connectivity index is 1.36. The van der Waals surface area contributed by atoms with E-state index in [1.165, 1.54) is 12.1 Å². The van der Waals surface area contributed by atoms with Gasteiger partial charge >= 0.3 is 0 Å². The van der Waals surface area contributed by atoms with Crippen molar-refractivity contribution in [1.29, 1.82) is 0 Å². The van der Waals surface area contributed by atoms with Gasteiger partial charge in [0.25, 0.3) is 5.89 Å². The summed E-state index contributed by atoms with van der Waals surface area (Å²) in [4.78, 5) is 10.6. The molecule has 3 heterocycles. The molecule has 0 radical (unpaired) electrons. The first-order chi connectivity index (χ1) is 12.3. The number of nitrogens with zero attached hydrogens (tertiary/aromatic N) is 5. The van der Waals surface area contributed by atoms with E-state index in [4.69, 9.17) is 4.42 Å². The van der Waals surface area contributed by atoms with Gasteiger partial charge in [-0.1, -0.05) is 12.1 Å². The van der Waals surface area contributed by atoms with Crippen LogP contribution in [0.4, 0.5) is 4.39 Å². The molecule has 0 aliphatic carbocycles. The Kier molecular flexibility index (Phi) is 4.47. The largest absolute Gasteiger partial charge is 0.419 e. The van der Waals surface area contributed by atoms with E-state index in [1.54, 1.807) is 18.6 Å². The van der Waals surface area contributed by atoms with E-state index in [2.05, 4.69) is 25.1 Å². The molecule has 0 spiro atoms. The van der Waals surface area contributed by atoms with Gasteiger partial charge in [0.05, 0.1) is 6.20 Å². The fraction of sp³-hybridized carbons (Fsp3) is 0.333. The van der Waals surface area contributed by atoms with E-state index in [9.17, 15) is 4.39 Å². The number of hydrogen-bond donors (Lipinski definition) is 0. The molecule has 0 N–H and O–H groups in total. The van der Waals surface area contributed by atoms with E-state index in [0.29, 0.717) is 17.5 Å². The van der Waals surface area contributed by atoms with Crippen molar-refractivity contribution < 1.29 is 8.81 Å². The lowest BCUT2D eigenvalue weighted by atomic mass is 9.96. The first kappa shape index (κ1) is 15.8. The van der Waals surface area contributed by atoms with Gasteiger partial charge < -0.3 is 4.42 Å². The quantitative estimate of drug-likeness (QED) is 0.728. The van der Waals surface area contributed by atoms with Crippen LogP contribution < -0.4 is 0 Å². The summed E-state index contributed by atoms with van der Waals surface area (Å²) in [7, 11) is 0. The van der Waals surface area contributed by atoms with Gasteiger partial charge in [-0.05, 0) is 43.6 Å². The van der Waals surface area contributed by atoms with E-state index < -0.39 is 0 Å². The minimum absolute atomic E-state index is 0.197. The molecule has 0 amide bonds. The lowest BCUT2D eigenvalue weighted by Crippen LogP contribution is -2.32. The fourth-order valence-corrected chi connectivity index (χ4v) is 3.10. The molecule has 7 heteroatoms. The second-order valence-electron chi connectivity index (χ2n) is 6.21. The number of likely N-dealkylation sites (tertiary alicyclic amines) is 1. The maximum atomic E-state index is 13.0. The van der Waals surface area contributed by atoms with Crippen molar-refractivity contribution in [2.24, 2.45) is 0 Å². The number of halogens is 1. The highest BCUT2D eigenvalue weighted by Gasteiger charge is 2.25. The second-order valence-corrected chi connectivity index (χ2v) is 6.21. The van der Waals surface area contributed by atoms with Gasteiger partial charge in [0.2, 0.25) is 5.89 Å². The highest BCUT2D eigenvalue weighted by atomic mass is 19.1. The molecule has 3 aromatic rings. The van der Waals surface area contributed by atoms with Gasteiger partial charge in [0, 0.05) is 24.9 Å². The van der Waals surface area contributed by atoms with Crippen molar-refractivity contribution in [2.75, 3.05) is 13.1 Å². The zero-order valence-corrected chi connectivity index (χ0v) is 13.7. The molecule has 0 unspecified atom stereocenters. The lowest BCUT2D eigenvalue weighted by molar-refractivity contribution is 0.193. The van der Waals surface area contributed by atoms with Crippen molar-refractivity contribution in [3.8, 4) is 11.6 Å². The standard InChI is InChI=1S/C18H18FN5O/c19-15-3-1-13(2-4-15)12-24-9-5-14(6-10-24)17-22-23-18(25-17)16-11-20-7-8-21-16/h1-4,7-8,11,14H,5-6,9-10,12H2. The van der Waals surface area contributed by atoms with Crippen LogP contribution in [0.5, 0.6) is 0 Å². The van der Waals surface area contributed by atoms with E-state index in [0.717, 1.165) is 38.0 Å². The molecule has 0 atom stereocenters. The van der Waals surface area contributed by atoms with Crippen LogP contribution in [0, 0.1) is 5.82 Å². The summed E-state index contributed by atoms with van der Waals surface area (Å²) >= 11 is 0. The zero-order chi connectivity index (χ0) is 17.1. The third-order valence-corrected chi connectivity index (χ3v) is 4.48. The normalized spacial score (nSPS) is 16.2. The minimum Gasteiger partial charge on any atom is -0.419 e. The molecule has 1 fully saturated rings. The molecule has 1 aromatic carbocycles. The van der Waals surface area contributed by atoms with Gasteiger partial charge in [-0.2, -0.15) is 0 Å². The summed E-state index contributed by atoms with van der Waals surface area (Å²) < 4.78 is 18.8. The second kappa shape index (κ2) is 7.06. The van der Waals surface area contributed by atoms with Gasteiger partial charge in [0.15, 0.2) is 0 Å². The molecule has 25 heavy (non-hydrogen) atoms. The highest BCUT2D eigenvalue weighted by Crippen LogP contribution is 2.29. The van der Waals surface area contributed by atoms with Crippen LogP contribution in [0.25, 0.3) is 11.6 Å². The van der Waals surface area contributed by atoms with Crippen molar-refractivity contribution in [3.63, 3.8) is 0 Å². The number of aromatic nitrogens is 4. The SMILES string of the molecule is Fc1ccc(CN2CCC(c3nnc(-c4cnccn4)o3)CC2)cc1. The molecule has 1 aliphatic rings. The summed E-state index contributed by atoms with van der Waals surface area (Å²) in [6.07, 6.45) is 6.75. The van der Waals surface area contributed by atoms with Gasteiger partial charge in [-0.3, -0.25) is 9.88 Å². The molecule has 128 valence electrons. The van der Waals surface area contributed by atoms with Gasteiger partial charge in [-0.15, -0.1) is 10.2 Å². The van der Waals surface area contributed by atoms with Crippen molar-refractivity contribution in [3.05, 3.63) is 60.1 Å². The highest BCUT2D eigenvalue weighted by molar-refractivity contribution is 5.43. The zero-order valence-electron chi connectivity index (χ0n) is 13.7. The van der Waals surface area contributed by atoms with E-state index in [-0.39, 0.29) is 11.7 Å². The van der Waals surface area contributed by atoms with E-state index in [1.807, 2.05) is 12.1 Å². The maximum absolute atomic E-state index is 13.0. The van der Waals surface area contributed by atoms with Crippen LogP contribution in [-0.4, -0.2) is 38.2 Å².